The van der Waals surface area contributed by atoms with Crippen LogP contribution in [0.2, 0.25) is 10.0 Å². The van der Waals surface area contributed by atoms with E-state index in [2.05, 4.69) is 5.32 Å². The molecule has 7 nitrogen and oxygen atoms in total. The maximum atomic E-state index is 11.9. The molecule has 2 aromatic carbocycles. The first-order valence-corrected chi connectivity index (χ1v) is 7.29. The van der Waals surface area contributed by atoms with Gasteiger partial charge in [0.1, 0.15) is 5.56 Å². The van der Waals surface area contributed by atoms with Gasteiger partial charge in [-0.3, -0.25) is 14.9 Å². The van der Waals surface area contributed by atoms with Gasteiger partial charge in [0.25, 0.3) is 11.6 Å². The summed E-state index contributed by atoms with van der Waals surface area (Å²) < 4.78 is 4.79. The highest BCUT2D eigenvalue weighted by molar-refractivity contribution is 6.31. The van der Waals surface area contributed by atoms with Gasteiger partial charge in [-0.25, -0.2) is 4.79 Å². The third kappa shape index (κ3) is 4.68. The summed E-state index contributed by atoms with van der Waals surface area (Å²) in [5, 5.41) is 14.0. The Kier molecular flexibility index (Phi) is 5.73. The van der Waals surface area contributed by atoms with Gasteiger partial charge in [-0.15, -0.1) is 0 Å². The molecule has 0 saturated carbocycles. The predicted molar refractivity (Wildman–Crippen MR) is 88.5 cm³/mol. The molecule has 0 heterocycles. The molecule has 0 aliphatic heterocycles. The maximum absolute atomic E-state index is 11.9. The Bertz CT molecular complexity index is 793. The second-order valence-electron chi connectivity index (χ2n) is 4.55. The molecular formula is C15H10Cl2N2O5. The average molecular weight is 369 g/mol. The van der Waals surface area contributed by atoms with Gasteiger partial charge in [0, 0.05) is 21.8 Å². The van der Waals surface area contributed by atoms with Crippen LogP contribution in [0.5, 0.6) is 0 Å². The number of hydrogen-bond donors (Lipinski definition) is 1. The Hall–Kier alpha value is -2.64. The van der Waals surface area contributed by atoms with Crippen LogP contribution in [0.4, 0.5) is 11.4 Å². The number of nitro groups is 1. The van der Waals surface area contributed by atoms with E-state index in [4.69, 9.17) is 27.9 Å². The van der Waals surface area contributed by atoms with Crippen molar-refractivity contribution < 1.29 is 19.2 Å². The average Bonchev–Trinajstić information content (AvgIpc) is 2.54. The fourth-order valence-corrected chi connectivity index (χ4v) is 2.06. The van der Waals surface area contributed by atoms with Gasteiger partial charge < -0.3 is 10.1 Å². The van der Waals surface area contributed by atoms with Crippen molar-refractivity contribution in [2.24, 2.45) is 0 Å². The van der Waals surface area contributed by atoms with Crippen LogP contribution in [0, 0.1) is 10.1 Å². The molecule has 0 radical (unpaired) electrons. The standard InChI is InChI=1S/C15H10Cl2N2O5/c16-9-1-4-11(5-2-9)18-14(20)8-24-15(21)12-6-3-10(17)7-13(12)19(22)23/h1-7H,8H2,(H,18,20). The van der Waals surface area contributed by atoms with Crippen LogP contribution in [0.25, 0.3) is 0 Å². The molecule has 0 spiro atoms. The van der Waals surface area contributed by atoms with Crippen molar-refractivity contribution in [1.82, 2.24) is 0 Å². The highest BCUT2D eigenvalue weighted by atomic mass is 35.5. The first-order chi connectivity index (χ1) is 11.4. The van der Waals surface area contributed by atoms with Gasteiger partial charge >= 0.3 is 5.97 Å². The summed E-state index contributed by atoms with van der Waals surface area (Å²) in [6.45, 7) is -0.596. The lowest BCUT2D eigenvalue weighted by molar-refractivity contribution is -0.385. The number of esters is 1. The van der Waals surface area contributed by atoms with Crippen LogP contribution < -0.4 is 5.32 Å². The molecule has 0 bridgehead atoms. The number of nitrogens with one attached hydrogen (secondary N) is 1. The summed E-state index contributed by atoms with van der Waals surface area (Å²) in [6, 6.07) is 9.84. The molecule has 1 amide bonds. The minimum Gasteiger partial charge on any atom is -0.452 e. The van der Waals surface area contributed by atoms with Gasteiger partial charge in [0.15, 0.2) is 6.61 Å². The number of amides is 1. The third-order valence-electron chi connectivity index (χ3n) is 2.84. The summed E-state index contributed by atoms with van der Waals surface area (Å²) in [5.41, 5.74) is -0.313. The molecule has 0 saturated heterocycles. The van der Waals surface area contributed by atoms with Crippen molar-refractivity contribution >= 4 is 46.5 Å². The second kappa shape index (κ2) is 7.76. The molecule has 0 unspecified atom stereocenters. The molecule has 0 aliphatic carbocycles. The smallest absolute Gasteiger partial charge is 0.345 e. The van der Waals surface area contributed by atoms with E-state index in [0.29, 0.717) is 10.7 Å². The number of hydrogen-bond acceptors (Lipinski definition) is 5. The largest absolute Gasteiger partial charge is 0.452 e. The van der Waals surface area contributed by atoms with E-state index in [1.165, 1.54) is 12.1 Å². The lowest BCUT2D eigenvalue weighted by Gasteiger charge is -2.07. The minimum atomic E-state index is -0.996. The topological polar surface area (TPSA) is 98.5 Å². The number of benzene rings is 2. The maximum Gasteiger partial charge on any atom is 0.345 e. The first kappa shape index (κ1) is 17.7. The van der Waals surface area contributed by atoms with Gasteiger partial charge in [-0.05, 0) is 36.4 Å². The van der Waals surface area contributed by atoms with Gasteiger partial charge in [-0.1, -0.05) is 23.2 Å². The number of nitro benzene ring substituents is 1. The van der Waals surface area contributed by atoms with Crippen LogP contribution in [-0.2, 0) is 9.53 Å². The van der Waals surface area contributed by atoms with Crippen molar-refractivity contribution in [1.29, 1.82) is 0 Å². The molecule has 24 heavy (non-hydrogen) atoms. The molecule has 9 heteroatoms. The highest BCUT2D eigenvalue weighted by Crippen LogP contribution is 2.23. The molecule has 1 N–H and O–H groups in total. The van der Waals surface area contributed by atoms with Crippen molar-refractivity contribution in [2.45, 2.75) is 0 Å². The second-order valence-corrected chi connectivity index (χ2v) is 5.42. The molecule has 0 atom stereocenters. The molecule has 0 fully saturated rings. The van der Waals surface area contributed by atoms with E-state index >= 15 is 0 Å². The van der Waals surface area contributed by atoms with Crippen LogP contribution in [0.1, 0.15) is 10.4 Å². The lowest BCUT2D eigenvalue weighted by atomic mass is 10.2. The molecule has 124 valence electrons. The number of rotatable bonds is 5. The van der Waals surface area contributed by atoms with E-state index in [9.17, 15) is 19.7 Å². The quantitative estimate of drug-likeness (QED) is 0.492. The van der Waals surface area contributed by atoms with Crippen LogP contribution in [0.15, 0.2) is 42.5 Å². The van der Waals surface area contributed by atoms with E-state index in [0.717, 1.165) is 6.07 Å². The zero-order chi connectivity index (χ0) is 17.7. The summed E-state index contributed by atoms with van der Waals surface area (Å²) in [7, 11) is 0. The summed E-state index contributed by atoms with van der Waals surface area (Å²) in [6.07, 6.45) is 0. The number of carbonyl (C=O) groups excluding carboxylic acids is 2. The third-order valence-corrected chi connectivity index (χ3v) is 3.33. The Morgan fingerprint density at radius 3 is 2.33 bits per heavy atom. The first-order valence-electron chi connectivity index (χ1n) is 6.53. The zero-order valence-corrected chi connectivity index (χ0v) is 13.5. The van der Waals surface area contributed by atoms with E-state index in [1.54, 1.807) is 24.3 Å². The number of halogens is 2. The fourth-order valence-electron chi connectivity index (χ4n) is 1.77. The van der Waals surface area contributed by atoms with Crippen molar-refractivity contribution in [3.63, 3.8) is 0 Å². The number of carbonyl (C=O) groups is 2. The molecule has 0 aromatic heterocycles. The molecule has 0 aliphatic rings. The Balaban J connectivity index is 1.99. The van der Waals surface area contributed by atoms with E-state index < -0.39 is 29.1 Å². The summed E-state index contributed by atoms with van der Waals surface area (Å²) in [4.78, 5) is 33.8. The molecule has 2 rings (SSSR count). The minimum absolute atomic E-state index is 0.110. The zero-order valence-electron chi connectivity index (χ0n) is 12.0. The summed E-state index contributed by atoms with van der Waals surface area (Å²) in [5.74, 6) is -1.59. The SMILES string of the molecule is O=C(COC(=O)c1ccc(Cl)cc1[N+](=O)[O-])Nc1ccc(Cl)cc1. The number of anilines is 1. The van der Waals surface area contributed by atoms with Gasteiger partial charge in [0.05, 0.1) is 4.92 Å². The van der Waals surface area contributed by atoms with Crippen molar-refractivity contribution in [3.8, 4) is 0 Å². The number of ether oxygens (including phenoxy) is 1. The highest BCUT2D eigenvalue weighted by Gasteiger charge is 2.22. The Morgan fingerprint density at radius 2 is 1.71 bits per heavy atom. The lowest BCUT2D eigenvalue weighted by Crippen LogP contribution is -2.21. The van der Waals surface area contributed by atoms with Crippen molar-refractivity contribution in [3.05, 3.63) is 68.2 Å². The van der Waals surface area contributed by atoms with Gasteiger partial charge in [-0.2, -0.15) is 0 Å². The predicted octanol–water partition coefficient (Wildman–Crippen LogP) is 3.70. The van der Waals surface area contributed by atoms with Crippen LogP contribution >= 0.6 is 23.2 Å². The fraction of sp³-hybridized carbons (Fsp3) is 0.0667. The Morgan fingerprint density at radius 1 is 1.08 bits per heavy atom. The van der Waals surface area contributed by atoms with Crippen molar-refractivity contribution in [2.75, 3.05) is 11.9 Å². The molecule has 2 aromatic rings. The molecular weight excluding hydrogens is 359 g/mol. The van der Waals surface area contributed by atoms with Crippen LogP contribution in [0.3, 0.4) is 0 Å². The monoisotopic (exact) mass is 368 g/mol. The van der Waals surface area contributed by atoms with E-state index in [-0.39, 0.29) is 10.6 Å². The van der Waals surface area contributed by atoms with Gasteiger partial charge in [0.2, 0.25) is 0 Å². The van der Waals surface area contributed by atoms with E-state index in [1.807, 2.05) is 0 Å². The van der Waals surface area contributed by atoms with Crippen LogP contribution in [-0.4, -0.2) is 23.4 Å². The normalized spacial score (nSPS) is 10.1. The number of nitrogens with zero attached hydrogens (tertiary/aromatic N) is 1. The Labute approximate surface area is 146 Å². The summed E-state index contributed by atoms with van der Waals surface area (Å²) >= 11 is 11.4.